The number of carbonyl (C=O) groups is 2. The predicted molar refractivity (Wildman–Crippen MR) is 140 cm³/mol. The molecule has 1 N–H and O–H groups in total. The topological polar surface area (TPSA) is 76.1 Å². The standard InChI is InChI=1S/C31H49NO5/c1-18-9-12-31(32(17-18)20(3)33)19(2)27-26(37-31)16-25-24-8-7-22-15-23(36-21(4)34)10-11-29(22,6)30(24,35)14-13-28(25,27)5/h18-19,22-27,35H,7-17H2,1-6H3/t18?,19-,22?,23?,24-,25-,26-,27-,28-,29-,30+,31?/m0/s1. The molecular formula is C31H49NO5. The summed E-state index contributed by atoms with van der Waals surface area (Å²) in [6, 6.07) is 0. The zero-order valence-corrected chi connectivity index (χ0v) is 23.9. The zero-order valence-electron chi connectivity index (χ0n) is 23.9. The molecule has 12 atom stereocenters. The van der Waals surface area contributed by atoms with Gasteiger partial charge < -0.3 is 19.5 Å². The van der Waals surface area contributed by atoms with Gasteiger partial charge in [-0.25, -0.2) is 0 Å². The van der Waals surface area contributed by atoms with Gasteiger partial charge in [0.25, 0.3) is 0 Å². The molecule has 6 heteroatoms. The van der Waals surface area contributed by atoms with Gasteiger partial charge in [0.1, 0.15) is 11.8 Å². The van der Waals surface area contributed by atoms with Crippen LogP contribution < -0.4 is 0 Å². The van der Waals surface area contributed by atoms with Crippen molar-refractivity contribution in [1.82, 2.24) is 4.90 Å². The molecule has 0 aromatic carbocycles. The summed E-state index contributed by atoms with van der Waals surface area (Å²) in [6.07, 6.45) is 9.98. The number of amides is 1. The van der Waals surface area contributed by atoms with Gasteiger partial charge in [-0.3, -0.25) is 9.59 Å². The normalized spacial score (nSPS) is 54.7. The number of fused-ring (bicyclic) bond motifs is 7. The van der Waals surface area contributed by atoms with E-state index in [4.69, 9.17) is 9.47 Å². The van der Waals surface area contributed by atoms with E-state index >= 15 is 0 Å². The van der Waals surface area contributed by atoms with Crippen molar-refractivity contribution in [3.8, 4) is 0 Å². The average molecular weight is 516 g/mol. The minimum atomic E-state index is -0.660. The molecule has 0 radical (unpaired) electrons. The molecule has 208 valence electrons. The van der Waals surface area contributed by atoms with Crippen molar-refractivity contribution in [3.63, 3.8) is 0 Å². The van der Waals surface area contributed by atoms with Gasteiger partial charge >= 0.3 is 5.97 Å². The zero-order chi connectivity index (χ0) is 26.5. The molecule has 0 aromatic heterocycles. The highest BCUT2D eigenvalue weighted by Gasteiger charge is 2.73. The number of aliphatic hydroxyl groups is 1. The Hall–Kier alpha value is -1.14. The Morgan fingerprint density at radius 3 is 2.41 bits per heavy atom. The molecule has 2 saturated heterocycles. The number of hydrogen-bond acceptors (Lipinski definition) is 5. The molecule has 37 heavy (non-hydrogen) atoms. The summed E-state index contributed by atoms with van der Waals surface area (Å²) < 4.78 is 12.7. The molecule has 6 fully saturated rings. The summed E-state index contributed by atoms with van der Waals surface area (Å²) in [5.74, 6) is 2.38. The lowest BCUT2D eigenvalue weighted by Gasteiger charge is -2.65. The largest absolute Gasteiger partial charge is 0.463 e. The lowest BCUT2D eigenvalue weighted by Crippen LogP contribution is -2.66. The first-order chi connectivity index (χ1) is 17.4. The van der Waals surface area contributed by atoms with Gasteiger partial charge in [0.15, 0.2) is 0 Å². The Kier molecular flexibility index (Phi) is 5.95. The van der Waals surface area contributed by atoms with Crippen molar-refractivity contribution in [2.75, 3.05) is 6.54 Å². The van der Waals surface area contributed by atoms with Gasteiger partial charge in [0, 0.05) is 26.3 Å². The molecule has 1 amide bonds. The van der Waals surface area contributed by atoms with Crippen LogP contribution >= 0.6 is 0 Å². The van der Waals surface area contributed by atoms with Crippen LogP contribution in [-0.2, 0) is 19.1 Å². The molecular weight excluding hydrogens is 466 g/mol. The Morgan fingerprint density at radius 1 is 0.946 bits per heavy atom. The summed E-state index contributed by atoms with van der Waals surface area (Å²) in [5, 5.41) is 12.6. The van der Waals surface area contributed by atoms with Crippen LogP contribution in [0.1, 0.15) is 106 Å². The van der Waals surface area contributed by atoms with E-state index < -0.39 is 11.3 Å². The van der Waals surface area contributed by atoms with E-state index in [1.54, 1.807) is 6.92 Å². The third-order valence-electron chi connectivity index (χ3n) is 13.2. The van der Waals surface area contributed by atoms with Gasteiger partial charge in [0.05, 0.1) is 11.7 Å². The molecule has 1 spiro atoms. The third-order valence-corrected chi connectivity index (χ3v) is 13.2. The van der Waals surface area contributed by atoms with E-state index in [1.807, 2.05) is 0 Å². The Bertz CT molecular complexity index is 969. The second-order valence-corrected chi connectivity index (χ2v) is 14.7. The van der Waals surface area contributed by atoms with Crippen molar-refractivity contribution in [1.29, 1.82) is 0 Å². The first-order valence-corrected chi connectivity index (χ1v) is 15.2. The van der Waals surface area contributed by atoms with Crippen LogP contribution in [0.25, 0.3) is 0 Å². The van der Waals surface area contributed by atoms with Crippen LogP contribution in [0.5, 0.6) is 0 Å². The number of nitrogens with zero attached hydrogens (tertiary/aromatic N) is 1. The fourth-order valence-corrected chi connectivity index (χ4v) is 11.3. The van der Waals surface area contributed by atoms with Crippen LogP contribution in [0.15, 0.2) is 0 Å². The van der Waals surface area contributed by atoms with E-state index in [2.05, 4.69) is 32.6 Å². The van der Waals surface area contributed by atoms with E-state index in [0.29, 0.717) is 35.5 Å². The first-order valence-electron chi connectivity index (χ1n) is 15.2. The molecule has 6 nitrogen and oxygen atoms in total. The Balaban J connectivity index is 1.26. The van der Waals surface area contributed by atoms with Gasteiger partial charge in [-0.15, -0.1) is 0 Å². The SMILES string of the molecule is CC(=O)OC1CC[C@@]2(C)C(CC[C@H]3[C@@H]4C[C@@H]5OC6(CCC(C)CN6C(C)=O)[C@@H](C)[C@@H]5[C@@]4(C)CC[C@@]32O)C1. The van der Waals surface area contributed by atoms with Crippen molar-refractivity contribution in [3.05, 3.63) is 0 Å². The molecule has 4 unspecified atom stereocenters. The molecule has 2 heterocycles. The number of ether oxygens (including phenoxy) is 2. The minimum Gasteiger partial charge on any atom is -0.463 e. The Labute approximate surface area is 223 Å². The highest BCUT2D eigenvalue weighted by atomic mass is 16.5. The van der Waals surface area contributed by atoms with Gasteiger partial charge in [-0.2, -0.15) is 0 Å². The van der Waals surface area contributed by atoms with Gasteiger partial charge in [-0.1, -0.05) is 27.7 Å². The number of hydrogen-bond donors (Lipinski definition) is 1. The highest BCUT2D eigenvalue weighted by molar-refractivity contribution is 5.74. The predicted octanol–water partition coefficient (Wildman–Crippen LogP) is 5.31. The minimum absolute atomic E-state index is 0.00305. The molecule has 0 bridgehead atoms. The Morgan fingerprint density at radius 2 is 1.70 bits per heavy atom. The van der Waals surface area contributed by atoms with E-state index in [-0.39, 0.29) is 34.9 Å². The molecule has 6 rings (SSSR count). The maximum Gasteiger partial charge on any atom is 0.302 e. The maximum absolute atomic E-state index is 12.8. The van der Waals surface area contributed by atoms with Gasteiger partial charge in [-0.05, 0) is 105 Å². The highest BCUT2D eigenvalue weighted by Crippen LogP contribution is 2.72. The lowest BCUT2D eigenvalue weighted by molar-refractivity contribution is -0.246. The van der Waals surface area contributed by atoms with Crippen molar-refractivity contribution in [2.24, 2.45) is 46.3 Å². The molecule has 6 aliphatic rings. The van der Waals surface area contributed by atoms with Crippen LogP contribution in [0, 0.1) is 46.3 Å². The fourth-order valence-electron chi connectivity index (χ4n) is 11.3. The van der Waals surface area contributed by atoms with Crippen molar-refractivity contribution in [2.45, 2.75) is 129 Å². The summed E-state index contributed by atoms with van der Waals surface area (Å²) in [6.45, 7) is 13.5. The monoisotopic (exact) mass is 515 g/mol. The molecule has 4 aliphatic carbocycles. The number of carbonyl (C=O) groups excluding carboxylic acids is 2. The van der Waals surface area contributed by atoms with Crippen molar-refractivity contribution < 1.29 is 24.2 Å². The van der Waals surface area contributed by atoms with Crippen LogP contribution in [0.4, 0.5) is 0 Å². The number of piperidine rings is 1. The summed E-state index contributed by atoms with van der Waals surface area (Å²) in [4.78, 5) is 26.5. The van der Waals surface area contributed by atoms with Crippen molar-refractivity contribution >= 4 is 11.9 Å². The quantitative estimate of drug-likeness (QED) is 0.479. The second kappa shape index (κ2) is 8.43. The first kappa shape index (κ1) is 26.1. The number of esters is 1. The number of likely N-dealkylation sites (tertiary alicyclic amines) is 1. The van der Waals surface area contributed by atoms with E-state index in [9.17, 15) is 14.7 Å². The fraction of sp³-hybridized carbons (Fsp3) is 0.935. The van der Waals surface area contributed by atoms with Gasteiger partial charge in [0.2, 0.25) is 5.91 Å². The summed E-state index contributed by atoms with van der Waals surface area (Å²) >= 11 is 0. The lowest BCUT2D eigenvalue weighted by atomic mass is 9.42. The maximum atomic E-state index is 12.8. The van der Waals surface area contributed by atoms with E-state index in [1.165, 1.54) is 6.92 Å². The summed E-state index contributed by atoms with van der Waals surface area (Å²) in [7, 11) is 0. The smallest absolute Gasteiger partial charge is 0.302 e. The second-order valence-electron chi connectivity index (χ2n) is 14.7. The number of rotatable bonds is 1. The average Bonchev–Trinajstić information content (AvgIpc) is 3.27. The van der Waals surface area contributed by atoms with Crippen LogP contribution in [0.3, 0.4) is 0 Å². The van der Waals surface area contributed by atoms with Crippen LogP contribution in [0.2, 0.25) is 0 Å². The van der Waals surface area contributed by atoms with E-state index in [0.717, 1.165) is 70.8 Å². The molecule has 0 aromatic rings. The molecule has 4 saturated carbocycles. The molecule has 2 aliphatic heterocycles. The summed E-state index contributed by atoms with van der Waals surface area (Å²) in [5.41, 5.74) is -1.10. The van der Waals surface area contributed by atoms with Crippen LogP contribution in [-0.4, -0.2) is 52.0 Å². The third kappa shape index (κ3) is 3.42.